The molecule has 0 spiro atoms. The molecule has 0 aromatic carbocycles. The lowest BCUT2D eigenvalue weighted by Crippen LogP contribution is -2.39. The van der Waals surface area contributed by atoms with Crippen molar-refractivity contribution in [1.29, 1.82) is 0 Å². The molecule has 100 valence electrons. The molecule has 0 aromatic heterocycles. The number of hydrogen-bond donors (Lipinski definition) is 1. The van der Waals surface area contributed by atoms with E-state index in [-0.39, 0.29) is 0 Å². The monoisotopic (exact) mass is 240 g/mol. The van der Waals surface area contributed by atoms with Gasteiger partial charge in [0.1, 0.15) is 0 Å². The molecule has 0 radical (unpaired) electrons. The number of unbranched alkanes of at least 4 members (excludes halogenated alkanes) is 1. The number of hydrogen-bond acceptors (Lipinski definition) is 3. The van der Waals surface area contributed by atoms with Gasteiger partial charge in [-0.1, -0.05) is 13.3 Å². The van der Waals surface area contributed by atoms with E-state index in [0.717, 1.165) is 38.3 Å². The molecule has 0 aromatic rings. The zero-order valence-corrected chi connectivity index (χ0v) is 11.3. The van der Waals surface area contributed by atoms with Gasteiger partial charge in [0.05, 0.1) is 0 Å². The van der Waals surface area contributed by atoms with E-state index in [1.807, 2.05) is 0 Å². The van der Waals surface area contributed by atoms with Crippen molar-refractivity contribution in [2.45, 2.75) is 57.5 Å². The Kier molecular flexibility index (Phi) is 5.75. The van der Waals surface area contributed by atoms with Crippen molar-refractivity contribution in [1.82, 2.24) is 10.2 Å². The number of fused-ring (bicyclic) bond motifs is 1. The number of nitrogens with one attached hydrogen (secondary N) is 1. The second kappa shape index (κ2) is 7.34. The molecule has 2 heterocycles. The molecule has 17 heavy (non-hydrogen) atoms. The van der Waals surface area contributed by atoms with Gasteiger partial charge < -0.3 is 10.1 Å². The van der Waals surface area contributed by atoms with Gasteiger partial charge in [0.25, 0.3) is 0 Å². The first kappa shape index (κ1) is 13.3. The van der Waals surface area contributed by atoms with E-state index < -0.39 is 0 Å². The summed E-state index contributed by atoms with van der Waals surface area (Å²) in [7, 11) is 0. The highest BCUT2D eigenvalue weighted by atomic mass is 16.5. The highest BCUT2D eigenvalue weighted by molar-refractivity contribution is 4.95. The van der Waals surface area contributed by atoms with Crippen LogP contribution in [0, 0.1) is 0 Å². The smallest absolute Gasteiger partial charge is 0.0478 e. The fourth-order valence-electron chi connectivity index (χ4n) is 3.13. The maximum atomic E-state index is 5.57. The van der Waals surface area contributed by atoms with Crippen LogP contribution in [0.25, 0.3) is 0 Å². The van der Waals surface area contributed by atoms with Gasteiger partial charge in [-0.2, -0.15) is 0 Å². The third-order valence-electron chi connectivity index (χ3n) is 4.12. The largest absolute Gasteiger partial charge is 0.381 e. The van der Waals surface area contributed by atoms with Gasteiger partial charge in [0, 0.05) is 31.8 Å². The first-order chi connectivity index (χ1) is 8.42. The van der Waals surface area contributed by atoms with Crippen molar-refractivity contribution >= 4 is 0 Å². The van der Waals surface area contributed by atoms with Crippen LogP contribution in [-0.4, -0.2) is 49.8 Å². The van der Waals surface area contributed by atoms with Crippen LogP contribution in [0.1, 0.15) is 45.4 Å². The Bertz CT molecular complexity index is 210. The second-order valence-corrected chi connectivity index (χ2v) is 5.41. The normalized spacial score (nSPS) is 28.8. The van der Waals surface area contributed by atoms with Crippen molar-refractivity contribution < 1.29 is 4.74 Å². The highest BCUT2D eigenvalue weighted by Gasteiger charge is 2.36. The van der Waals surface area contributed by atoms with Gasteiger partial charge in [-0.3, -0.25) is 4.90 Å². The van der Waals surface area contributed by atoms with Crippen LogP contribution in [0.5, 0.6) is 0 Å². The summed E-state index contributed by atoms with van der Waals surface area (Å²) in [4.78, 5) is 2.66. The second-order valence-electron chi connectivity index (χ2n) is 5.41. The van der Waals surface area contributed by atoms with E-state index in [2.05, 4.69) is 17.1 Å². The number of rotatable bonds is 8. The molecule has 0 amide bonds. The van der Waals surface area contributed by atoms with Crippen LogP contribution in [0.4, 0.5) is 0 Å². The van der Waals surface area contributed by atoms with Crippen LogP contribution in [-0.2, 0) is 4.74 Å². The molecule has 2 fully saturated rings. The quantitative estimate of drug-likeness (QED) is 0.657. The average molecular weight is 240 g/mol. The van der Waals surface area contributed by atoms with Gasteiger partial charge >= 0.3 is 0 Å². The molecular weight excluding hydrogens is 212 g/mol. The van der Waals surface area contributed by atoms with Crippen molar-refractivity contribution in [2.24, 2.45) is 0 Å². The topological polar surface area (TPSA) is 24.5 Å². The van der Waals surface area contributed by atoms with E-state index >= 15 is 0 Å². The van der Waals surface area contributed by atoms with Crippen LogP contribution in [0.3, 0.4) is 0 Å². The predicted molar refractivity (Wildman–Crippen MR) is 71.3 cm³/mol. The Labute approximate surface area is 106 Å². The third-order valence-corrected chi connectivity index (χ3v) is 4.12. The molecule has 2 aliphatic rings. The first-order valence-corrected chi connectivity index (χ1v) is 7.47. The Morgan fingerprint density at radius 1 is 1.18 bits per heavy atom. The van der Waals surface area contributed by atoms with Crippen molar-refractivity contribution in [3.63, 3.8) is 0 Å². The van der Waals surface area contributed by atoms with Crippen molar-refractivity contribution in [2.75, 3.05) is 32.8 Å². The highest BCUT2D eigenvalue weighted by Crippen LogP contribution is 2.27. The Morgan fingerprint density at radius 3 is 2.94 bits per heavy atom. The molecule has 3 heteroatoms. The lowest BCUT2D eigenvalue weighted by molar-refractivity contribution is 0.128. The number of ether oxygens (including phenoxy) is 1. The lowest BCUT2D eigenvalue weighted by Gasteiger charge is -2.21. The summed E-state index contributed by atoms with van der Waals surface area (Å²) in [5.41, 5.74) is 0. The third kappa shape index (κ3) is 3.94. The summed E-state index contributed by atoms with van der Waals surface area (Å²) < 4.78 is 5.57. The minimum atomic E-state index is 0.758. The number of nitrogens with zero attached hydrogens (tertiary/aromatic N) is 1. The molecule has 3 nitrogen and oxygen atoms in total. The molecule has 2 aliphatic heterocycles. The average Bonchev–Trinajstić information content (AvgIpc) is 2.92. The maximum absolute atomic E-state index is 5.57. The molecule has 2 rings (SSSR count). The van der Waals surface area contributed by atoms with Crippen molar-refractivity contribution in [3.05, 3.63) is 0 Å². The van der Waals surface area contributed by atoms with Gasteiger partial charge in [0.2, 0.25) is 0 Å². The van der Waals surface area contributed by atoms with E-state index in [1.165, 1.54) is 45.2 Å². The Hall–Kier alpha value is -0.120. The van der Waals surface area contributed by atoms with Crippen molar-refractivity contribution in [3.8, 4) is 0 Å². The summed E-state index contributed by atoms with van der Waals surface area (Å²) in [6, 6.07) is 1.60. The maximum Gasteiger partial charge on any atom is 0.0478 e. The molecule has 1 N–H and O–H groups in total. The fourth-order valence-corrected chi connectivity index (χ4v) is 3.13. The van der Waals surface area contributed by atoms with Crippen LogP contribution < -0.4 is 5.32 Å². The zero-order valence-electron chi connectivity index (χ0n) is 11.3. The molecule has 0 saturated carbocycles. The minimum absolute atomic E-state index is 0.758. The molecule has 2 unspecified atom stereocenters. The molecule has 0 aliphatic carbocycles. The summed E-state index contributed by atoms with van der Waals surface area (Å²) in [5, 5.41) is 3.72. The minimum Gasteiger partial charge on any atom is -0.381 e. The summed E-state index contributed by atoms with van der Waals surface area (Å²) in [6.45, 7) is 7.85. The lowest BCUT2D eigenvalue weighted by atomic mass is 10.1. The summed E-state index contributed by atoms with van der Waals surface area (Å²) >= 11 is 0. The van der Waals surface area contributed by atoms with Gasteiger partial charge in [-0.25, -0.2) is 0 Å². The van der Waals surface area contributed by atoms with E-state index in [9.17, 15) is 0 Å². The van der Waals surface area contributed by atoms with E-state index in [4.69, 9.17) is 4.74 Å². The molecular formula is C14H28N2O. The molecule has 2 saturated heterocycles. The van der Waals surface area contributed by atoms with E-state index in [1.54, 1.807) is 0 Å². The predicted octanol–water partition coefficient (Wildman–Crippen LogP) is 2.02. The Balaban J connectivity index is 1.48. The first-order valence-electron chi connectivity index (χ1n) is 7.47. The standard InChI is InChI=1S/C14H28N2O/c1-2-3-11-17-12-5-8-15-13-7-10-16-9-4-6-14(13)16/h13-15H,2-12H2,1H3. The molecule has 0 bridgehead atoms. The molecule has 2 atom stereocenters. The fraction of sp³-hybridized carbons (Fsp3) is 1.00. The van der Waals surface area contributed by atoms with Gasteiger partial charge in [-0.15, -0.1) is 0 Å². The summed E-state index contributed by atoms with van der Waals surface area (Å²) in [5.74, 6) is 0. The van der Waals surface area contributed by atoms with E-state index in [0.29, 0.717) is 0 Å². The van der Waals surface area contributed by atoms with Crippen LogP contribution in [0.2, 0.25) is 0 Å². The SMILES string of the molecule is CCCCOCCCNC1CCN2CCCC12. The van der Waals surface area contributed by atoms with Crippen LogP contribution >= 0.6 is 0 Å². The Morgan fingerprint density at radius 2 is 2.06 bits per heavy atom. The van der Waals surface area contributed by atoms with Gasteiger partial charge in [-0.05, 0) is 45.2 Å². The van der Waals surface area contributed by atoms with Gasteiger partial charge in [0.15, 0.2) is 0 Å². The summed E-state index contributed by atoms with van der Waals surface area (Å²) in [6.07, 6.45) is 7.76. The zero-order chi connectivity index (χ0) is 11.9. The van der Waals surface area contributed by atoms with Crippen LogP contribution in [0.15, 0.2) is 0 Å².